The molecule has 2 aromatic heterocycles. The van der Waals surface area contributed by atoms with Gasteiger partial charge >= 0.3 is 0 Å². The quantitative estimate of drug-likeness (QED) is 0.907. The van der Waals surface area contributed by atoms with E-state index in [1.165, 1.54) is 18.5 Å². The van der Waals surface area contributed by atoms with Crippen LogP contribution in [-0.2, 0) is 0 Å². The van der Waals surface area contributed by atoms with Crippen molar-refractivity contribution >= 4 is 5.91 Å². The fraction of sp³-hybridized carbons (Fsp3) is 0.267. The number of amides is 1. The average Bonchev–Trinajstić information content (AvgIpc) is 2.97. The minimum absolute atomic E-state index is 0.00738. The Hall–Kier alpha value is -2.43. The molecule has 0 saturated carbocycles. The van der Waals surface area contributed by atoms with Crippen molar-refractivity contribution in [3.05, 3.63) is 54.1 Å². The highest BCUT2D eigenvalue weighted by Crippen LogP contribution is 2.32. The van der Waals surface area contributed by atoms with Gasteiger partial charge in [0.25, 0.3) is 5.91 Å². The summed E-state index contributed by atoms with van der Waals surface area (Å²) in [5.41, 5.74) is 1.47. The van der Waals surface area contributed by atoms with Crippen molar-refractivity contribution in [1.29, 1.82) is 0 Å². The summed E-state index contributed by atoms with van der Waals surface area (Å²) >= 11 is 0. The van der Waals surface area contributed by atoms with Crippen LogP contribution in [0.25, 0.3) is 0 Å². The number of nitrogens with zero attached hydrogens (tertiary/aromatic N) is 3. The van der Waals surface area contributed by atoms with Crippen LogP contribution in [0.4, 0.5) is 0 Å². The smallest absolute Gasteiger partial charge is 0.256 e. The molecule has 20 heavy (non-hydrogen) atoms. The number of hydrogen-bond acceptors (Lipinski definition) is 4. The van der Waals surface area contributed by atoms with Crippen LogP contribution in [0.15, 0.2) is 43.0 Å². The molecule has 1 saturated heterocycles. The molecule has 1 amide bonds. The first-order chi connectivity index (χ1) is 9.75. The van der Waals surface area contributed by atoms with Gasteiger partial charge in [0.15, 0.2) is 0 Å². The molecule has 1 fully saturated rings. The third-order valence-electron chi connectivity index (χ3n) is 3.55. The Bertz CT molecular complexity index is 616. The molecule has 1 aliphatic heterocycles. The van der Waals surface area contributed by atoms with Crippen LogP contribution in [-0.4, -0.2) is 32.4 Å². The highest BCUT2D eigenvalue weighted by atomic mass is 16.3. The first-order valence-corrected chi connectivity index (χ1v) is 6.60. The van der Waals surface area contributed by atoms with Crippen LogP contribution in [0.3, 0.4) is 0 Å². The van der Waals surface area contributed by atoms with Crippen molar-refractivity contribution in [2.24, 2.45) is 0 Å². The zero-order valence-electron chi connectivity index (χ0n) is 10.9. The molecule has 0 spiro atoms. The predicted octanol–water partition coefficient (Wildman–Crippen LogP) is 2.16. The van der Waals surface area contributed by atoms with Gasteiger partial charge in [0.1, 0.15) is 5.75 Å². The Morgan fingerprint density at radius 2 is 2.20 bits per heavy atom. The maximum Gasteiger partial charge on any atom is 0.256 e. The molecule has 1 aliphatic rings. The van der Waals surface area contributed by atoms with Gasteiger partial charge in [-0.3, -0.25) is 14.8 Å². The number of pyridine rings is 2. The van der Waals surface area contributed by atoms with Gasteiger partial charge in [0.2, 0.25) is 0 Å². The third-order valence-corrected chi connectivity index (χ3v) is 3.55. The summed E-state index contributed by atoms with van der Waals surface area (Å²) in [5.74, 6) is -0.0901. The van der Waals surface area contributed by atoms with Crippen LogP contribution >= 0.6 is 0 Å². The number of hydrogen-bond donors (Lipinski definition) is 1. The number of aromatic hydroxyl groups is 1. The summed E-state index contributed by atoms with van der Waals surface area (Å²) in [6, 6.07) is 5.38. The van der Waals surface area contributed by atoms with Crippen LogP contribution in [0.5, 0.6) is 5.75 Å². The summed E-state index contributed by atoms with van der Waals surface area (Å²) in [4.78, 5) is 22.3. The van der Waals surface area contributed by atoms with E-state index in [1.54, 1.807) is 12.4 Å². The minimum atomic E-state index is -0.0975. The second-order valence-electron chi connectivity index (χ2n) is 4.87. The molecule has 3 heterocycles. The molecule has 0 aromatic carbocycles. The van der Waals surface area contributed by atoms with E-state index in [9.17, 15) is 9.90 Å². The van der Waals surface area contributed by atoms with Gasteiger partial charge in [0.05, 0.1) is 17.8 Å². The molecule has 1 unspecified atom stereocenters. The summed E-state index contributed by atoms with van der Waals surface area (Å²) in [6.07, 6.45) is 8.24. The maximum atomic E-state index is 12.5. The zero-order valence-corrected chi connectivity index (χ0v) is 10.9. The lowest BCUT2D eigenvalue weighted by atomic mass is 10.1. The molecule has 1 atom stereocenters. The predicted molar refractivity (Wildman–Crippen MR) is 73.2 cm³/mol. The second-order valence-corrected chi connectivity index (χ2v) is 4.87. The molecule has 102 valence electrons. The number of aromatic nitrogens is 2. The van der Waals surface area contributed by atoms with E-state index in [0.29, 0.717) is 12.1 Å². The van der Waals surface area contributed by atoms with E-state index in [4.69, 9.17) is 0 Å². The fourth-order valence-electron chi connectivity index (χ4n) is 2.64. The van der Waals surface area contributed by atoms with Gasteiger partial charge in [-0.25, -0.2) is 0 Å². The van der Waals surface area contributed by atoms with Gasteiger partial charge in [-0.15, -0.1) is 0 Å². The monoisotopic (exact) mass is 269 g/mol. The van der Waals surface area contributed by atoms with Crippen LogP contribution in [0.1, 0.15) is 34.8 Å². The molecule has 1 N–H and O–H groups in total. The van der Waals surface area contributed by atoms with Crippen molar-refractivity contribution in [3.8, 4) is 5.75 Å². The zero-order chi connectivity index (χ0) is 13.9. The van der Waals surface area contributed by atoms with E-state index in [-0.39, 0.29) is 17.7 Å². The molecular formula is C15H15N3O2. The topological polar surface area (TPSA) is 66.3 Å². The molecule has 0 aliphatic carbocycles. The molecule has 0 radical (unpaired) electrons. The minimum Gasteiger partial charge on any atom is -0.506 e. The molecule has 5 nitrogen and oxygen atoms in total. The first-order valence-electron chi connectivity index (χ1n) is 6.60. The van der Waals surface area contributed by atoms with Crippen molar-refractivity contribution in [2.45, 2.75) is 18.9 Å². The average molecular weight is 269 g/mol. The largest absolute Gasteiger partial charge is 0.506 e. The molecule has 5 heteroatoms. The van der Waals surface area contributed by atoms with Crippen LogP contribution in [0, 0.1) is 0 Å². The Labute approximate surface area is 116 Å². The number of rotatable bonds is 2. The van der Waals surface area contributed by atoms with E-state index in [1.807, 2.05) is 17.0 Å². The normalized spacial score (nSPS) is 18.2. The molecule has 0 bridgehead atoms. The lowest BCUT2D eigenvalue weighted by Crippen LogP contribution is -2.30. The number of likely N-dealkylation sites (tertiary alicyclic amines) is 1. The Kier molecular flexibility index (Phi) is 3.33. The van der Waals surface area contributed by atoms with Gasteiger partial charge in [-0.1, -0.05) is 6.07 Å². The Balaban J connectivity index is 1.87. The standard InChI is InChI=1S/C15H15N3O2/c19-13-7-12(9-17-10-13)15(20)18-6-2-4-14(18)11-3-1-5-16-8-11/h1,3,5,7-10,14,19H,2,4,6H2. The fourth-order valence-corrected chi connectivity index (χ4v) is 2.64. The lowest BCUT2D eigenvalue weighted by Gasteiger charge is -2.24. The Morgan fingerprint density at radius 3 is 2.95 bits per heavy atom. The summed E-state index contributed by atoms with van der Waals surface area (Å²) in [7, 11) is 0. The van der Waals surface area contributed by atoms with E-state index in [0.717, 1.165) is 18.4 Å². The highest BCUT2D eigenvalue weighted by molar-refractivity contribution is 5.94. The third kappa shape index (κ3) is 2.34. The van der Waals surface area contributed by atoms with Crippen LogP contribution < -0.4 is 0 Å². The molecule has 2 aromatic rings. The summed E-state index contributed by atoms with van der Waals surface area (Å²) < 4.78 is 0. The van der Waals surface area contributed by atoms with E-state index in [2.05, 4.69) is 9.97 Å². The lowest BCUT2D eigenvalue weighted by molar-refractivity contribution is 0.0734. The van der Waals surface area contributed by atoms with Gasteiger partial charge in [0, 0.05) is 25.1 Å². The van der Waals surface area contributed by atoms with Crippen molar-refractivity contribution in [1.82, 2.24) is 14.9 Å². The van der Waals surface area contributed by atoms with Crippen molar-refractivity contribution in [3.63, 3.8) is 0 Å². The highest BCUT2D eigenvalue weighted by Gasteiger charge is 2.30. The van der Waals surface area contributed by atoms with Crippen molar-refractivity contribution in [2.75, 3.05) is 6.54 Å². The number of carbonyl (C=O) groups is 1. The summed E-state index contributed by atoms with van der Waals surface area (Å²) in [5, 5.41) is 9.44. The first kappa shape index (κ1) is 12.6. The number of carbonyl (C=O) groups excluding carboxylic acids is 1. The second kappa shape index (κ2) is 5.28. The molecular weight excluding hydrogens is 254 g/mol. The van der Waals surface area contributed by atoms with Gasteiger partial charge in [-0.05, 0) is 30.5 Å². The maximum absolute atomic E-state index is 12.5. The van der Waals surface area contributed by atoms with Crippen molar-refractivity contribution < 1.29 is 9.90 Å². The van der Waals surface area contributed by atoms with Gasteiger partial charge in [-0.2, -0.15) is 0 Å². The van der Waals surface area contributed by atoms with Gasteiger partial charge < -0.3 is 10.0 Å². The SMILES string of the molecule is O=C(c1cncc(O)c1)N1CCCC1c1cccnc1. The Morgan fingerprint density at radius 1 is 1.30 bits per heavy atom. The van der Waals surface area contributed by atoms with E-state index < -0.39 is 0 Å². The van der Waals surface area contributed by atoms with Crippen LogP contribution in [0.2, 0.25) is 0 Å². The van der Waals surface area contributed by atoms with E-state index >= 15 is 0 Å². The summed E-state index contributed by atoms with van der Waals surface area (Å²) in [6.45, 7) is 0.716. The molecule has 3 rings (SSSR count).